The molecule has 3 heterocycles. The molecule has 140 valence electrons. The summed E-state index contributed by atoms with van der Waals surface area (Å²) in [5.41, 5.74) is 3.13. The van der Waals surface area contributed by atoms with E-state index >= 15 is 0 Å². The zero-order valence-electron chi connectivity index (χ0n) is 16.2. The lowest BCUT2D eigenvalue weighted by Crippen LogP contribution is -2.49. The van der Waals surface area contributed by atoms with Crippen LogP contribution in [0.1, 0.15) is 38.4 Å². The quantitative estimate of drug-likeness (QED) is 0.679. The van der Waals surface area contributed by atoms with Gasteiger partial charge in [0.1, 0.15) is 10.7 Å². The Kier molecular flexibility index (Phi) is 4.70. The number of nitrogens with zero attached hydrogens (tertiary/aromatic N) is 4. The minimum atomic E-state index is 0.0657. The van der Waals surface area contributed by atoms with Crippen LogP contribution in [-0.2, 0) is 0 Å². The first-order valence-corrected chi connectivity index (χ1v) is 10.1. The highest BCUT2D eigenvalue weighted by atomic mass is 32.1. The third-order valence-corrected chi connectivity index (χ3v) is 6.48. The number of amides is 1. The molecule has 1 fully saturated rings. The van der Waals surface area contributed by atoms with Crippen molar-refractivity contribution < 1.29 is 4.79 Å². The molecular weight excluding hydrogens is 356 g/mol. The van der Waals surface area contributed by atoms with Gasteiger partial charge in [0.25, 0.3) is 5.91 Å². The zero-order chi connectivity index (χ0) is 19.1. The predicted molar refractivity (Wildman–Crippen MR) is 109 cm³/mol. The number of aryl methyl sites for hydroxylation is 3. The topological polar surface area (TPSA) is 49.3 Å². The number of aromatic nitrogens is 2. The summed E-state index contributed by atoms with van der Waals surface area (Å²) in [6.07, 6.45) is 0. The van der Waals surface area contributed by atoms with Gasteiger partial charge in [-0.1, -0.05) is 30.3 Å². The Bertz CT molecular complexity index is 998. The van der Waals surface area contributed by atoms with Gasteiger partial charge in [-0.2, -0.15) is 0 Å². The molecule has 1 aromatic carbocycles. The SMILES string of the molecule is Cc1nc(C)c2c(C)c(C(=O)N3CCN(C)CC3c3ccccc3)sc2n1. The second-order valence-electron chi connectivity index (χ2n) is 7.28. The maximum atomic E-state index is 13.5. The molecule has 1 unspecified atom stereocenters. The van der Waals surface area contributed by atoms with Crippen LogP contribution in [0.2, 0.25) is 0 Å². The van der Waals surface area contributed by atoms with E-state index in [9.17, 15) is 4.79 Å². The summed E-state index contributed by atoms with van der Waals surface area (Å²) in [4.78, 5) is 28.6. The van der Waals surface area contributed by atoms with Gasteiger partial charge in [-0.05, 0) is 38.9 Å². The number of carbonyl (C=O) groups is 1. The second-order valence-corrected chi connectivity index (χ2v) is 8.28. The molecule has 4 rings (SSSR count). The second kappa shape index (κ2) is 7.02. The van der Waals surface area contributed by atoms with E-state index in [1.165, 1.54) is 16.9 Å². The summed E-state index contributed by atoms with van der Waals surface area (Å²) < 4.78 is 0. The Labute approximate surface area is 163 Å². The molecular formula is C21H24N4OS. The van der Waals surface area contributed by atoms with E-state index in [0.717, 1.165) is 51.8 Å². The number of fused-ring (bicyclic) bond motifs is 1. The van der Waals surface area contributed by atoms with Crippen LogP contribution >= 0.6 is 11.3 Å². The van der Waals surface area contributed by atoms with Gasteiger partial charge in [0.2, 0.25) is 0 Å². The van der Waals surface area contributed by atoms with Gasteiger partial charge in [0.15, 0.2) is 0 Å². The van der Waals surface area contributed by atoms with Gasteiger partial charge in [-0.25, -0.2) is 9.97 Å². The van der Waals surface area contributed by atoms with E-state index in [-0.39, 0.29) is 11.9 Å². The van der Waals surface area contributed by atoms with E-state index in [0.29, 0.717) is 0 Å². The monoisotopic (exact) mass is 380 g/mol. The molecule has 1 aliphatic heterocycles. The number of carbonyl (C=O) groups excluding carboxylic acids is 1. The normalized spacial score (nSPS) is 18.2. The molecule has 0 radical (unpaired) electrons. The average molecular weight is 381 g/mol. The molecule has 2 aromatic heterocycles. The number of thiophene rings is 1. The smallest absolute Gasteiger partial charge is 0.264 e. The number of likely N-dealkylation sites (N-methyl/N-ethyl adjacent to an activating group) is 1. The molecule has 0 spiro atoms. The van der Waals surface area contributed by atoms with Crippen LogP contribution in [0.4, 0.5) is 0 Å². The minimum Gasteiger partial charge on any atom is -0.328 e. The lowest BCUT2D eigenvalue weighted by Gasteiger charge is -2.40. The first kappa shape index (κ1) is 18.1. The van der Waals surface area contributed by atoms with Crippen LogP contribution in [0, 0.1) is 20.8 Å². The number of piperazine rings is 1. The Hall–Kier alpha value is -2.31. The van der Waals surface area contributed by atoms with Gasteiger partial charge in [-0.3, -0.25) is 4.79 Å². The summed E-state index contributed by atoms with van der Waals surface area (Å²) in [5, 5.41) is 1.03. The van der Waals surface area contributed by atoms with Crippen molar-refractivity contribution >= 4 is 27.5 Å². The predicted octanol–water partition coefficient (Wildman–Crippen LogP) is 3.75. The van der Waals surface area contributed by atoms with Crippen molar-refractivity contribution in [2.45, 2.75) is 26.8 Å². The lowest BCUT2D eigenvalue weighted by molar-refractivity contribution is 0.0502. The van der Waals surface area contributed by atoms with Crippen LogP contribution in [0.15, 0.2) is 30.3 Å². The Balaban J connectivity index is 1.76. The molecule has 1 atom stereocenters. The fourth-order valence-electron chi connectivity index (χ4n) is 3.93. The standard InChI is InChI=1S/C21H24N4OS/c1-13-18-14(2)22-15(3)23-20(18)27-19(13)21(26)25-11-10-24(4)12-17(25)16-8-6-5-7-9-16/h5-9,17H,10-12H2,1-4H3. The third-order valence-electron chi connectivity index (χ3n) is 5.31. The molecule has 27 heavy (non-hydrogen) atoms. The molecule has 1 aliphatic rings. The molecule has 1 saturated heterocycles. The highest BCUT2D eigenvalue weighted by molar-refractivity contribution is 7.20. The fraction of sp³-hybridized carbons (Fsp3) is 0.381. The van der Waals surface area contributed by atoms with Gasteiger partial charge in [0, 0.05) is 30.7 Å². The number of rotatable bonds is 2. The average Bonchev–Trinajstić information content (AvgIpc) is 2.98. The summed E-state index contributed by atoms with van der Waals surface area (Å²) in [5.74, 6) is 0.858. The van der Waals surface area contributed by atoms with Crippen molar-refractivity contribution in [3.8, 4) is 0 Å². The Morgan fingerprint density at radius 1 is 1.11 bits per heavy atom. The van der Waals surface area contributed by atoms with E-state index < -0.39 is 0 Å². The van der Waals surface area contributed by atoms with Crippen LogP contribution < -0.4 is 0 Å². The highest BCUT2D eigenvalue weighted by Gasteiger charge is 2.32. The molecule has 5 nitrogen and oxygen atoms in total. The van der Waals surface area contributed by atoms with Gasteiger partial charge < -0.3 is 9.80 Å². The highest BCUT2D eigenvalue weighted by Crippen LogP contribution is 2.34. The molecule has 1 amide bonds. The molecule has 0 N–H and O–H groups in total. The fourth-order valence-corrected chi connectivity index (χ4v) is 5.16. The van der Waals surface area contributed by atoms with Crippen molar-refractivity contribution in [1.29, 1.82) is 0 Å². The number of benzene rings is 1. The van der Waals surface area contributed by atoms with Gasteiger partial charge in [0.05, 0.1) is 10.9 Å². The summed E-state index contributed by atoms with van der Waals surface area (Å²) >= 11 is 1.50. The minimum absolute atomic E-state index is 0.0657. The molecule has 0 saturated carbocycles. The first-order chi connectivity index (χ1) is 13.0. The van der Waals surface area contributed by atoms with Crippen LogP contribution in [0.25, 0.3) is 10.2 Å². The number of hydrogen-bond acceptors (Lipinski definition) is 5. The van der Waals surface area contributed by atoms with E-state index in [1.807, 2.05) is 43.9 Å². The van der Waals surface area contributed by atoms with Gasteiger partial charge in [-0.15, -0.1) is 11.3 Å². The van der Waals surface area contributed by atoms with Crippen LogP contribution in [-0.4, -0.2) is 52.4 Å². The molecule has 6 heteroatoms. The van der Waals surface area contributed by atoms with Crippen molar-refractivity contribution in [2.24, 2.45) is 0 Å². The summed E-state index contributed by atoms with van der Waals surface area (Å²) in [7, 11) is 2.12. The number of hydrogen-bond donors (Lipinski definition) is 0. The van der Waals surface area contributed by atoms with Crippen LogP contribution in [0.3, 0.4) is 0 Å². The zero-order valence-corrected chi connectivity index (χ0v) is 17.0. The van der Waals surface area contributed by atoms with Crippen molar-refractivity contribution in [1.82, 2.24) is 19.8 Å². The lowest BCUT2D eigenvalue weighted by atomic mass is 10.0. The maximum Gasteiger partial charge on any atom is 0.264 e. The summed E-state index contributed by atoms with van der Waals surface area (Å²) in [6, 6.07) is 10.4. The Morgan fingerprint density at radius 3 is 2.59 bits per heavy atom. The van der Waals surface area contributed by atoms with Crippen molar-refractivity contribution in [3.05, 3.63) is 57.9 Å². The molecule has 0 aliphatic carbocycles. The molecule has 3 aromatic rings. The van der Waals surface area contributed by atoms with Gasteiger partial charge >= 0.3 is 0 Å². The summed E-state index contributed by atoms with van der Waals surface area (Å²) in [6.45, 7) is 8.37. The van der Waals surface area contributed by atoms with E-state index in [1.54, 1.807) is 0 Å². The van der Waals surface area contributed by atoms with Crippen molar-refractivity contribution in [3.63, 3.8) is 0 Å². The third kappa shape index (κ3) is 3.24. The van der Waals surface area contributed by atoms with E-state index in [2.05, 4.69) is 34.0 Å². The van der Waals surface area contributed by atoms with Crippen LogP contribution in [0.5, 0.6) is 0 Å². The Morgan fingerprint density at radius 2 is 1.85 bits per heavy atom. The van der Waals surface area contributed by atoms with E-state index in [4.69, 9.17) is 0 Å². The van der Waals surface area contributed by atoms with Crippen molar-refractivity contribution in [2.75, 3.05) is 26.7 Å². The maximum absolute atomic E-state index is 13.5. The molecule has 0 bridgehead atoms. The largest absolute Gasteiger partial charge is 0.328 e. The first-order valence-electron chi connectivity index (χ1n) is 9.24.